The van der Waals surface area contributed by atoms with E-state index in [1.54, 1.807) is 6.26 Å². The summed E-state index contributed by atoms with van der Waals surface area (Å²) in [4.78, 5) is 0. The Morgan fingerprint density at radius 2 is 1.62 bits per heavy atom. The van der Waals surface area contributed by atoms with Crippen molar-refractivity contribution in [2.24, 2.45) is 17.6 Å². The van der Waals surface area contributed by atoms with Gasteiger partial charge in [0, 0.05) is 11.5 Å². The average molecular weight is 325 g/mol. The van der Waals surface area contributed by atoms with Crippen molar-refractivity contribution in [3.8, 4) is 0 Å². The molecule has 0 fully saturated rings. The lowest BCUT2D eigenvalue weighted by Crippen LogP contribution is -2.46. The fourth-order valence-corrected chi connectivity index (χ4v) is 2.80. The fourth-order valence-electron chi connectivity index (χ4n) is 2.80. The summed E-state index contributed by atoms with van der Waals surface area (Å²) >= 11 is 0. The average Bonchev–Trinajstić information content (AvgIpc) is 3.09. The topological polar surface area (TPSA) is 35.2 Å². The predicted molar refractivity (Wildman–Crippen MR) is 104 cm³/mol. The molecule has 130 valence electrons. The van der Waals surface area contributed by atoms with E-state index in [2.05, 4.69) is 83.2 Å². The number of hydrogen-bond donors (Lipinski definition) is 1. The van der Waals surface area contributed by atoms with E-state index in [-0.39, 0.29) is 5.54 Å². The number of fused-ring (bicyclic) bond motifs is 1. The molecule has 0 bridgehead atoms. The smallest absolute Gasteiger partial charge is 0.0977 e. The van der Waals surface area contributed by atoms with Gasteiger partial charge in [0.1, 0.15) is 0 Å². The quantitative estimate of drug-likeness (QED) is 0.810. The zero-order valence-electron chi connectivity index (χ0n) is 15.6. The first kappa shape index (κ1) is 18.5. The molecule has 2 nitrogen and oxygen atoms in total. The van der Waals surface area contributed by atoms with E-state index in [1.807, 2.05) is 0 Å². The number of hydrogen-bond acceptors (Lipinski definition) is 2. The number of nitrogens with two attached hydrogens (primary N) is 1. The second-order valence-corrected chi connectivity index (χ2v) is 7.51. The SMILES string of the molecule is C1=CC(c2cccc3ccccc23)CO1.CC(C)C(C)(N)C(C)C. The third-order valence-corrected chi connectivity index (χ3v) is 5.39. The Labute approximate surface area is 146 Å². The van der Waals surface area contributed by atoms with Crippen LogP contribution >= 0.6 is 0 Å². The maximum absolute atomic E-state index is 6.00. The highest BCUT2D eigenvalue weighted by molar-refractivity contribution is 5.86. The highest BCUT2D eigenvalue weighted by atomic mass is 16.5. The lowest BCUT2D eigenvalue weighted by atomic mass is 9.80. The minimum Gasteiger partial charge on any atom is -0.501 e. The third-order valence-electron chi connectivity index (χ3n) is 5.39. The molecule has 0 aromatic heterocycles. The van der Waals surface area contributed by atoms with Crippen molar-refractivity contribution in [3.05, 3.63) is 60.4 Å². The van der Waals surface area contributed by atoms with Crippen LogP contribution in [0.3, 0.4) is 0 Å². The summed E-state index contributed by atoms with van der Waals surface area (Å²) in [6.45, 7) is 11.6. The van der Waals surface area contributed by atoms with Gasteiger partial charge in [0.15, 0.2) is 0 Å². The Morgan fingerprint density at radius 1 is 1.00 bits per heavy atom. The molecule has 3 rings (SSSR count). The van der Waals surface area contributed by atoms with Gasteiger partial charge in [0.2, 0.25) is 0 Å². The molecule has 2 aromatic carbocycles. The molecule has 0 aliphatic carbocycles. The van der Waals surface area contributed by atoms with Gasteiger partial charge in [0.05, 0.1) is 12.9 Å². The molecule has 0 saturated heterocycles. The molecule has 2 aromatic rings. The molecule has 1 unspecified atom stereocenters. The van der Waals surface area contributed by atoms with Gasteiger partial charge in [-0.05, 0) is 41.2 Å². The molecule has 0 radical (unpaired) electrons. The molecule has 1 aliphatic heterocycles. The van der Waals surface area contributed by atoms with Crippen LogP contribution in [0.4, 0.5) is 0 Å². The lowest BCUT2D eigenvalue weighted by molar-refractivity contribution is 0.250. The van der Waals surface area contributed by atoms with Crippen molar-refractivity contribution >= 4 is 10.8 Å². The molecule has 0 amide bonds. The minimum absolute atomic E-state index is 0.000000000000000222. The van der Waals surface area contributed by atoms with Crippen LogP contribution in [0.25, 0.3) is 10.8 Å². The highest BCUT2D eigenvalue weighted by Gasteiger charge is 2.26. The van der Waals surface area contributed by atoms with E-state index in [4.69, 9.17) is 10.5 Å². The van der Waals surface area contributed by atoms with Gasteiger partial charge < -0.3 is 10.5 Å². The van der Waals surface area contributed by atoms with Crippen LogP contribution in [0.15, 0.2) is 54.8 Å². The monoisotopic (exact) mass is 325 g/mol. The summed E-state index contributed by atoms with van der Waals surface area (Å²) in [6, 6.07) is 14.9. The molecule has 2 heteroatoms. The largest absolute Gasteiger partial charge is 0.501 e. The van der Waals surface area contributed by atoms with Crippen molar-refractivity contribution in [3.63, 3.8) is 0 Å². The van der Waals surface area contributed by atoms with Gasteiger partial charge in [-0.15, -0.1) is 0 Å². The van der Waals surface area contributed by atoms with Crippen LogP contribution < -0.4 is 5.73 Å². The predicted octanol–water partition coefficient (Wildman–Crippen LogP) is 5.48. The van der Waals surface area contributed by atoms with Gasteiger partial charge >= 0.3 is 0 Å². The molecule has 0 saturated carbocycles. The Hall–Kier alpha value is -1.80. The molecule has 0 spiro atoms. The molecule has 1 aliphatic rings. The first-order valence-electron chi connectivity index (χ1n) is 8.88. The molecule has 2 N–H and O–H groups in total. The normalized spacial score (nSPS) is 17.1. The Kier molecular flexibility index (Phi) is 6.06. The molecular weight excluding hydrogens is 294 g/mol. The van der Waals surface area contributed by atoms with Crippen LogP contribution in [-0.2, 0) is 4.74 Å². The van der Waals surface area contributed by atoms with Crippen molar-refractivity contribution < 1.29 is 4.74 Å². The summed E-state index contributed by atoms with van der Waals surface area (Å²) < 4.78 is 5.28. The standard InChI is InChI=1S/C14H12O.C8H19N/c1-2-6-13-11(4-1)5-3-7-14(13)12-8-9-15-10-12;1-6(2)8(5,9)7(3)4/h1-9,12H,10H2;6-7H,9H2,1-5H3. The minimum atomic E-state index is 0.000000000000000222. The number of benzene rings is 2. The maximum Gasteiger partial charge on any atom is 0.0977 e. The van der Waals surface area contributed by atoms with E-state index in [0.29, 0.717) is 17.8 Å². The van der Waals surface area contributed by atoms with Crippen molar-refractivity contribution in [2.45, 2.75) is 46.1 Å². The molecule has 1 atom stereocenters. The summed E-state index contributed by atoms with van der Waals surface area (Å²) in [5.41, 5.74) is 7.37. The third kappa shape index (κ3) is 4.18. The summed E-state index contributed by atoms with van der Waals surface area (Å²) in [7, 11) is 0. The van der Waals surface area contributed by atoms with E-state index >= 15 is 0 Å². The second-order valence-electron chi connectivity index (χ2n) is 7.51. The van der Waals surface area contributed by atoms with Crippen molar-refractivity contribution in [2.75, 3.05) is 6.61 Å². The molecule has 24 heavy (non-hydrogen) atoms. The van der Waals surface area contributed by atoms with Crippen LogP contribution in [0.5, 0.6) is 0 Å². The van der Waals surface area contributed by atoms with Crippen LogP contribution in [-0.4, -0.2) is 12.1 Å². The van der Waals surface area contributed by atoms with E-state index in [9.17, 15) is 0 Å². The molecular formula is C22H31NO. The van der Waals surface area contributed by atoms with Gasteiger partial charge in [-0.1, -0.05) is 70.2 Å². The maximum atomic E-state index is 6.00. The summed E-state index contributed by atoms with van der Waals surface area (Å²) in [5.74, 6) is 1.55. The van der Waals surface area contributed by atoms with Crippen molar-refractivity contribution in [1.82, 2.24) is 0 Å². The van der Waals surface area contributed by atoms with Gasteiger partial charge in [-0.3, -0.25) is 0 Å². The second kappa shape index (κ2) is 7.85. The Bertz CT molecular complexity index is 670. The first-order valence-corrected chi connectivity index (χ1v) is 8.88. The highest BCUT2D eigenvalue weighted by Crippen LogP contribution is 2.29. The fraction of sp³-hybridized carbons (Fsp3) is 0.455. The summed E-state index contributed by atoms with van der Waals surface area (Å²) in [5, 5.41) is 2.63. The molecule has 1 heterocycles. The van der Waals surface area contributed by atoms with Gasteiger partial charge in [-0.25, -0.2) is 0 Å². The van der Waals surface area contributed by atoms with E-state index < -0.39 is 0 Å². The van der Waals surface area contributed by atoms with Gasteiger partial charge in [-0.2, -0.15) is 0 Å². The Balaban J connectivity index is 0.000000202. The van der Waals surface area contributed by atoms with Gasteiger partial charge in [0.25, 0.3) is 0 Å². The lowest BCUT2D eigenvalue weighted by Gasteiger charge is -2.33. The number of ether oxygens (including phenoxy) is 1. The zero-order valence-corrected chi connectivity index (χ0v) is 15.6. The van der Waals surface area contributed by atoms with Crippen LogP contribution in [0, 0.1) is 11.8 Å². The number of rotatable bonds is 3. The van der Waals surface area contributed by atoms with E-state index in [0.717, 1.165) is 6.61 Å². The Morgan fingerprint density at radius 3 is 2.17 bits per heavy atom. The van der Waals surface area contributed by atoms with E-state index in [1.165, 1.54) is 16.3 Å². The van der Waals surface area contributed by atoms with Crippen LogP contribution in [0.1, 0.15) is 46.1 Å². The van der Waals surface area contributed by atoms with Crippen molar-refractivity contribution in [1.29, 1.82) is 0 Å². The van der Waals surface area contributed by atoms with Crippen LogP contribution in [0.2, 0.25) is 0 Å². The zero-order chi connectivity index (χ0) is 17.7. The summed E-state index contributed by atoms with van der Waals surface area (Å²) in [6.07, 6.45) is 3.92. The first-order chi connectivity index (χ1) is 11.3.